The van der Waals surface area contributed by atoms with E-state index in [1.807, 2.05) is 18.2 Å². The molecule has 0 heterocycles. The van der Waals surface area contributed by atoms with Gasteiger partial charge in [0.1, 0.15) is 5.75 Å². The second-order valence-electron chi connectivity index (χ2n) is 8.53. The lowest BCUT2D eigenvalue weighted by atomic mass is 9.48. The predicted molar refractivity (Wildman–Crippen MR) is 89.6 cm³/mol. The summed E-state index contributed by atoms with van der Waals surface area (Å²) < 4.78 is 0. The van der Waals surface area contributed by atoms with Gasteiger partial charge >= 0.3 is 0 Å². The summed E-state index contributed by atoms with van der Waals surface area (Å²) in [7, 11) is 0. The molecule has 120 valence electrons. The van der Waals surface area contributed by atoms with Crippen LogP contribution in [0.5, 0.6) is 5.75 Å². The van der Waals surface area contributed by atoms with Gasteiger partial charge in [-0.15, -0.1) is 0 Å². The van der Waals surface area contributed by atoms with Crippen molar-refractivity contribution < 1.29 is 5.11 Å². The number of phenolic OH excluding ortho intramolecular Hbond substituents is 1. The average Bonchev–Trinajstić information content (AvgIpc) is 2.44. The van der Waals surface area contributed by atoms with Gasteiger partial charge in [-0.25, -0.2) is 0 Å². The van der Waals surface area contributed by atoms with Gasteiger partial charge in [0.15, 0.2) is 0 Å². The van der Waals surface area contributed by atoms with Crippen molar-refractivity contribution in [2.45, 2.75) is 64.5 Å². The molecular formula is C20H29NO. The van der Waals surface area contributed by atoms with Crippen molar-refractivity contribution in [1.29, 1.82) is 0 Å². The maximum Gasteiger partial charge on any atom is 0.120 e. The molecule has 2 heteroatoms. The highest BCUT2D eigenvalue weighted by Gasteiger charge is 2.50. The van der Waals surface area contributed by atoms with Crippen LogP contribution >= 0.6 is 0 Å². The quantitative estimate of drug-likeness (QED) is 0.840. The first kappa shape index (κ1) is 14.6. The van der Waals surface area contributed by atoms with Crippen molar-refractivity contribution in [3.8, 4) is 5.75 Å². The van der Waals surface area contributed by atoms with Crippen LogP contribution in [0.4, 0.5) is 0 Å². The van der Waals surface area contributed by atoms with Gasteiger partial charge in [0.2, 0.25) is 0 Å². The zero-order valence-electron chi connectivity index (χ0n) is 13.7. The van der Waals surface area contributed by atoms with Gasteiger partial charge in [-0.05, 0) is 81.1 Å². The minimum atomic E-state index is 0.414. The van der Waals surface area contributed by atoms with Crippen molar-refractivity contribution in [3.63, 3.8) is 0 Å². The summed E-state index contributed by atoms with van der Waals surface area (Å²) in [6.45, 7) is 3.11. The number of hydrogen-bond acceptors (Lipinski definition) is 2. The van der Waals surface area contributed by atoms with Crippen molar-refractivity contribution >= 4 is 0 Å². The molecule has 1 atom stereocenters. The lowest BCUT2D eigenvalue weighted by Crippen LogP contribution is -2.48. The Morgan fingerprint density at radius 1 is 1.09 bits per heavy atom. The SMILES string of the molecule is C[C@H](CC12CC3CC(CC(C3)C1)C2)NCc1ccccc1O. The fraction of sp³-hybridized carbons (Fsp3) is 0.700. The zero-order chi connectivity index (χ0) is 15.2. The molecule has 0 aliphatic heterocycles. The van der Waals surface area contributed by atoms with Crippen molar-refractivity contribution in [2.24, 2.45) is 23.2 Å². The second-order valence-corrected chi connectivity index (χ2v) is 8.53. The summed E-state index contributed by atoms with van der Waals surface area (Å²) in [5.74, 6) is 3.53. The van der Waals surface area contributed by atoms with E-state index in [0.717, 1.165) is 29.9 Å². The Bertz CT molecular complexity index is 503. The molecule has 4 bridgehead atoms. The highest BCUT2D eigenvalue weighted by Crippen LogP contribution is 2.61. The molecule has 1 aromatic rings. The van der Waals surface area contributed by atoms with Crippen molar-refractivity contribution in [1.82, 2.24) is 5.32 Å². The van der Waals surface area contributed by atoms with Gasteiger partial charge in [-0.2, -0.15) is 0 Å². The van der Waals surface area contributed by atoms with Crippen LogP contribution in [0, 0.1) is 23.2 Å². The first-order chi connectivity index (χ1) is 10.6. The number of hydrogen-bond donors (Lipinski definition) is 2. The molecule has 4 fully saturated rings. The second kappa shape index (κ2) is 5.56. The molecule has 0 radical (unpaired) electrons. The number of para-hydroxylation sites is 1. The van der Waals surface area contributed by atoms with Crippen LogP contribution in [0.2, 0.25) is 0 Å². The highest BCUT2D eigenvalue weighted by atomic mass is 16.3. The number of aromatic hydroxyl groups is 1. The Hall–Kier alpha value is -1.02. The third kappa shape index (κ3) is 2.78. The maximum atomic E-state index is 9.89. The molecule has 5 rings (SSSR count). The Morgan fingerprint density at radius 3 is 2.27 bits per heavy atom. The van der Waals surface area contributed by atoms with E-state index in [4.69, 9.17) is 0 Å². The zero-order valence-corrected chi connectivity index (χ0v) is 13.7. The van der Waals surface area contributed by atoms with Gasteiger partial charge in [0, 0.05) is 18.2 Å². The van der Waals surface area contributed by atoms with E-state index in [1.54, 1.807) is 6.07 Å². The standard InChI is InChI=1S/C20H29NO/c1-14(21-13-18-4-2-3-5-19(18)22)9-20-10-15-6-16(11-20)8-17(7-15)12-20/h2-5,14-17,21-22H,6-13H2,1H3/t14-,15?,16?,17?,20?/m1/s1. The van der Waals surface area contributed by atoms with Crippen LogP contribution in [0.25, 0.3) is 0 Å². The van der Waals surface area contributed by atoms with Gasteiger partial charge in [0.05, 0.1) is 0 Å². The van der Waals surface area contributed by atoms with Crippen LogP contribution in [0.3, 0.4) is 0 Å². The van der Waals surface area contributed by atoms with Crippen LogP contribution in [-0.2, 0) is 6.54 Å². The average molecular weight is 299 g/mol. The highest BCUT2D eigenvalue weighted by molar-refractivity contribution is 5.31. The molecule has 0 amide bonds. The monoisotopic (exact) mass is 299 g/mol. The molecule has 4 aliphatic carbocycles. The topological polar surface area (TPSA) is 32.3 Å². The molecule has 2 nitrogen and oxygen atoms in total. The van der Waals surface area contributed by atoms with Crippen LogP contribution in [0.15, 0.2) is 24.3 Å². The van der Waals surface area contributed by atoms with Crippen LogP contribution < -0.4 is 5.32 Å². The molecule has 0 aromatic heterocycles. The first-order valence-electron chi connectivity index (χ1n) is 9.12. The minimum absolute atomic E-state index is 0.414. The minimum Gasteiger partial charge on any atom is -0.508 e. The Kier molecular flexibility index (Phi) is 3.68. The lowest BCUT2D eigenvalue weighted by molar-refractivity contribution is -0.0612. The number of phenols is 1. The number of benzene rings is 1. The molecule has 4 saturated carbocycles. The molecule has 4 aliphatic rings. The van der Waals surface area contributed by atoms with E-state index >= 15 is 0 Å². The first-order valence-corrected chi connectivity index (χ1v) is 9.12. The van der Waals surface area contributed by atoms with Gasteiger partial charge in [0.25, 0.3) is 0 Å². The summed E-state index contributed by atoms with van der Waals surface area (Å²) in [5, 5.41) is 13.5. The normalized spacial score (nSPS) is 37.4. The van der Waals surface area contributed by atoms with E-state index in [9.17, 15) is 5.11 Å². The fourth-order valence-electron chi connectivity index (χ4n) is 6.21. The van der Waals surface area contributed by atoms with E-state index in [0.29, 0.717) is 17.2 Å². The maximum absolute atomic E-state index is 9.89. The Labute approximate surface area is 134 Å². The van der Waals surface area contributed by atoms with E-state index in [2.05, 4.69) is 12.2 Å². The largest absolute Gasteiger partial charge is 0.508 e. The Balaban J connectivity index is 1.36. The summed E-state index contributed by atoms with van der Waals surface area (Å²) in [5.41, 5.74) is 1.65. The van der Waals surface area contributed by atoms with E-state index in [1.165, 1.54) is 44.9 Å². The molecule has 0 saturated heterocycles. The Morgan fingerprint density at radius 2 is 1.68 bits per heavy atom. The molecular weight excluding hydrogens is 270 g/mol. The lowest BCUT2D eigenvalue weighted by Gasteiger charge is -2.57. The molecule has 22 heavy (non-hydrogen) atoms. The third-order valence-electron chi connectivity index (χ3n) is 6.54. The number of rotatable bonds is 5. The van der Waals surface area contributed by atoms with E-state index < -0.39 is 0 Å². The van der Waals surface area contributed by atoms with Crippen LogP contribution in [0.1, 0.15) is 57.4 Å². The number of nitrogens with one attached hydrogen (secondary N) is 1. The molecule has 2 N–H and O–H groups in total. The van der Waals surface area contributed by atoms with Crippen molar-refractivity contribution in [2.75, 3.05) is 0 Å². The predicted octanol–water partition coefficient (Wildman–Crippen LogP) is 4.48. The summed E-state index contributed by atoms with van der Waals surface area (Å²) in [4.78, 5) is 0. The van der Waals surface area contributed by atoms with Gasteiger partial charge < -0.3 is 10.4 Å². The summed E-state index contributed by atoms with van der Waals surface area (Å²) in [6, 6.07) is 8.22. The molecule has 0 unspecified atom stereocenters. The summed E-state index contributed by atoms with van der Waals surface area (Å²) in [6.07, 6.45) is 10.4. The third-order valence-corrected chi connectivity index (χ3v) is 6.54. The van der Waals surface area contributed by atoms with Gasteiger partial charge in [-0.3, -0.25) is 0 Å². The molecule has 0 spiro atoms. The molecule has 1 aromatic carbocycles. The summed E-state index contributed by atoms with van der Waals surface area (Å²) >= 11 is 0. The van der Waals surface area contributed by atoms with Gasteiger partial charge in [-0.1, -0.05) is 18.2 Å². The van der Waals surface area contributed by atoms with Crippen LogP contribution in [-0.4, -0.2) is 11.1 Å². The van der Waals surface area contributed by atoms with Crippen molar-refractivity contribution in [3.05, 3.63) is 29.8 Å². The van der Waals surface area contributed by atoms with E-state index in [-0.39, 0.29) is 0 Å². The fourth-order valence-corrected chi connectivity index (χ4v) is 6.21. The smallest absolute Gasteiger partial charge is 0.120 e.